The lowest BCUT2D eigenvalue weighted by Crippen LogP contribution is -2.32. The third-order valence-electron chi connectivity index (χ3n) is 1.78. The average molecular weight is 298 g/mol. The summed E-state index contributed by atoms with van der Waals surface area (Å²) >= 11 is 19.3. The number of rotatable bonds is 6. The minimum atomic E-state index is -1.61. The Morgan fingerprint density at radius 2 is 1.60 bits per heavy atom. The lowest BCUT2D eigenvalue weighted by Gasteiger charge is -2.07. The second kappa shape index (κ2) is 11.6. The molecule has 0 saturated heterocycles. The minimum Gasteiger partial charge on any atom is -0.271 e. The maximum Gasteiger partial charge on any atom is 0.266 e. The minimum absolute atomic E-state index is 0.483. The Balaban J connectivity index is 0. The molecule has 0 fully saturated rings. The van der Waals surface area contributed by atoms with E-state index in [0.29, 0.717) is 6.04 Å². The maximum absolute atomic E-state index is 5.24. The highest BCUT2D eigenvalue weighted by Gasteiger charge is 2.11. The molecule has 3 N–H and O–H groups in total. The molecule has 0 rings (SSSR count). The summed E-state index contributed by atoms with van der Waals surface area (Å²) in [6.07, 6.45) is 6.53. The summed E-state index contributed by atoms with van der Waals surface area (Å²) in [4.78, 5) is 0. The lowest BCUT2D eigenvalue weighted by atomic mass is 10.1. The molecule has 0 aliphatic carbocycles. The van der Waals surface area contributed by atoms with Gasteiger partial charge in [0.2, 0.25) is 0 Å². The van der Waals surface area contributed by atoms with Crippen LogP contribution in [0.3, 0.4) is 0 Å². The quantitative estimate of drug-likeness (QED) is 0.331. The van der Waals surface area contributed by atoms with Crippen molar-refractivity contribution in [1.82, 2.24) is 5.43 Å². The van der Waals surface area contributed by atoms with Crippen molar-refractivity contribution in [2.45, 2.75) is 55.2 Å². The van der Waals surface area contributed by atoms with Crippen LogP contribution in [-0.4, -0.2) is 9.29 Å². The van der Waals surface area contributed by atoms with Crippen LogP contribution < -0.4 is 11.3 Å². The predicted octanol–water partition coefficient (Wildman–Crippen LogP) is 4.36. The van der Waals surface area contributed by atoms with Gasteiger partial charge in [-0.25, -0.2) is 0 Å². The molecular formula is C9H20Cl4N2. The molecule has 1 unspecified atom stereocenters. The van der Waals surface area contributed by atoms with Crippen LogP contribution in [0, 0.1) is 0 Å². The highest BCUT2D eigenvalue weighted by molar-refractivity contribution is 6.83. The third kappa shape index (κ3) is 31.3. The van der Waals surface area contributed by atoms with Crippen molar-refractivity contribution in [3.05, 3.63) is 0 Å². The van der Waals surface area contributed by atoms with Gasteiger partial charge in [-0.05, 0) is 13.3 Å². The Kier molecular flexibility index (Phi) is 14.2. The number of halogens is 4. The van der Waals surface area contributed by atoms with Crippen LogP contribution in [0.5, 0.6) is 0 Å². The number of hydrogen-bond donors (Lipinski definition) is 2. The van der Waals surface area contributed by atoms with Gasteiger partial charge in [-0.1, -0.05) is 79.0 Å². The molecule has 0 spiro atoms. The highest BCUT2D eigenvalue weighted by atomic mass is 35.6. The maximum atomic E-state index is 5.24. The Labute approximate surface area is 113 Å². The van der Waals surface area contributed by atoms with Gasteiger partial charge in [-0.15, -0.1) is 0 Å². The van der Waals surface area contributed by atoms with Crippen molar-refractivity contribution in [2.24, 2.45) is 5.84 Å². The normalized spacial score (nSPS) is 13.0. The second-order valence-corrected chi connectivity index (χ2v) is 6.77. The largest absolute Gasteiger partial charge is 0.271 e. The lowest BCUT2D eigenvalue weighted by molar-refractivity contribution is 0.495. The molecule has 0 aromatic rings. The predicted molar refractivity (Wildman–Crippen MR) is 71.7 cm³/mol. The average Bonchev–Trinajstić information content (AvgIpc) is 2.09. The fourth-order valence-corrected chi connectivity index (χ4v) is 0.961. The monoisotopic (exact) mass is 296 g/mol. The number of hydrazine groups is 1. The molecule has 0 aromatic heterocycles. The van der Waals surface area contributed by atoms with E-state index in [9.17, 15) is 0 Å². The van der Waals surface area contributed by atoms with Crippen LogP contribution in [0.25, 0.3) is 0 Å². The first kappa shape index (κ1) is 18.4. The molecule has 15 heavy (non-hydrogen) atoms. The molecule has 0 heterocycles. The van der Waals surface area contributed by atoms with Crippen molar-refractivity contribution in [2.75, 3.05) is 0 Å². The Bertz CT molecular complexity index is 122. The van der Waals surface area contributed by atoms with Crippen LogP contribution in [0.2, 0.25) is 0 Å². The van der Waals surface area contributed by atoms with E-state index in [1.807, 2.05) is 0 Å². The van der Waals surface area contributed by atoms with E-state index in [4.69, 9.17) is 52.2 Å². The van der Waals surface area contributed by atoms with E-state index in [1.165, 1.54) is 32.1 Å². The second-order valence-electron chi connectivity index (χ2n) is 3.35. The molecule has 2 nitrogen and oxygen atoms in total. The molecule has 0 amide bonds. The van der Waals surface area contributed by atoms with Crippen molar-refractivity contribution in [3.63, 3.8) is 0 Å². The first-order valence-corrected chi connectivity index (χ1v) is 6.54. The van der Waals surface area contributed by atoms with Crippen molar-refractivity contribution in [3.8, 4) is 0 Å². The summed E-state index contributed by atoms with van der Waals surface area (Å²) in [5.74, 6) is 5.24. The molecule has 0 radical (unpaired) electrons. The molecule has 0 aliphatic rings. The summed E-state index contributed by atoms with van der Waals surface area (Å²) < 4.78 is -1.61. The van der Waals surface area contributed by atoms with Gasteiger partial charge in [-0.3, -0.25) is 11.3 Å². The Morgan fingerprint density at radius 3 is 1.93 bits per heavy atom. The van der Waals surface area contributed by atoms with Crippen LogP contribution >= 0.6 is 46.4 Å². The number of unbranched alkanes of at least 4 members (excludes halogenated alkanes) is 3. The molecular weight excluding hydrogens is 278 g/mol. The van der Waals surface area contributed by atoms with Gasteiger partial charge >= 0.3 is 0 Å². The molecule has 0 aliphatic heterocycles. The van der Waals surface area contributed by atoms with E-state index in [0.717, 1.165) is 0 Å². The zero-order valence-corrected chi connectivity index (χ0v) is 12.2. The summed E-state index contributed by atoms with van der Waals surface area (Å²) in [6, 6.07) is 0.483. The fourth-order valence-electron chi connectivity index (χ4n) is 0.961. The van der Waals surface area contributed by atoms with Gasteiger partial charge in [0, 0.05) is 6.04 Å². The smallest absolute Gasteiger partial charge is 0.266 e. The molecule has 0 aromatic carbocycles. The van der Waals surface area contributed by atoms with Crippen molar-refractivity contribution < 1.29 is 0 Å². The van der Waals surface area contributed by atoms with Gasteiger partial charge in [0.05, 0.1) is 0 Å². The van der Waals surface area contributed by atoms with Gasteiger partial charge in [-0.2, -0.15) is 0 Å². The topological polar surface area (TPSA) is 38.0 Å². The van der Waals surface area contributed by atoms with Gasteiger partial charge < -0.3 is 0 Å². The van der Waals surface area contributed by atoms with Crippen LogP contribution in [0.4, 0.5) is 0 Å². The number of nitrogens with two attached hydrogens (primary N) is 1. The van der Waals surface area contributed by atoms with E-state index in [2.05, 4.69) is 19.3 Å². The summed E-state index contributed by atoms with van der Waals surface area (Å²) in [7, 11) is 0. The summed E-state index contributed by atoms with van der Waals surface area (Å²) in [5, 5.41) is 0. The first-order valence-electron chi connectivity index (χ1n) is 5.03. The van der Waals surface area contributed by atoms with Gasteiger partial charge in [0.25, 0.3) is 3.25 Å². The van der Waals surface area contributed by atoms with Crippen molar-refractivity contribution in [1.29, 1.82) is 0 Å². The van der Waals surface area contributed by atoms with E-state index in [-0.39, 0.29) is 0 Å². The highest BCUT2D eigenvalue weighted by Crippen LogP contribution is 2.29. The number of nitrogens with one attached hydrogen (secondary N) is 1. The number of hydrogen-bond acceptors (Lipinski definition) is 2. The molecule has 1 atom stereocenters. The molecule has 94 valence electrons. The molecule has 0 bridgehead atoms. The Hall–Kier alpha value is 1.08. The molecule has 0 saturated carbocycles. The number of alkyl halides is 4. The van der Waals surface area contributed by atoms with Gasteiger partial charge in [0.1, 0.15) is 0 Å². The zero-order valence-electron chi connectivity index (χ0n) is 9.20. The Morgan fingerprint density at radius 1 is 1.13 bits per heavy atom. The van der Waals surface area contributed by atoms with Crippen LogP contribution in [0.15, 0.2) is 0 Å². The van der Waals surface area contributed by atoms with E-state index < -0.39 is 3.25 Å². The van der Waals surface area contributed by atoms with E-state index >= 15 is 0 Å². The SMILES string of the molecule is CCCCCCC(C)NN.ClC(Cl)(Cl)Cl. The molecule has 6 heteroatoms. The third-order valence-corrected chi connectivity index (χ3v) is 1.78. The van der Waals surface area contributed by atoms with Crippen molar-refractivity contribution >= 4 is 46.4 Å². The summed E-state index contributed by atoms with van der Waals surface area (Å²) in [6.45, 7) is 4.34. The summed E-state index contributed by atoms with van der Waals surface area (Å²) in [5.41, 5.74) is 2.74. The first-order chi connectivity index (χ1) is 6.81. The zero-order chi connectivity index (χ0) is 12.3. The van der Waals surface area contributed by atoms with Crippen LogP contribution in [-0.2, 0) is 0 Å². The van der Waals surface area contributed by atoms with Gasteiger partial charge in [0.15, 0.2) is 0 Å². The standard InChI is InChI=1S/C8H20N2.CCl4/c1-3-4-5-6-7-8(2)10-9;2-1(3,4)5/h8,10H,3-7,9H2,1-2H3;. The van der Waals surface area contributed by atoms with E-state index in [1.54, 1.807) is 0 Å². The van der Waals surface area contributed by atoms with Crippen LogP contribution in [0.1, 0.15) is 46.0 Å². The fraction of sp³-hybridized carbons (Fsp3) is 1.00.